The maximum atomic E-state index is 6.03. The summed E-state index contributed by atoms with van der Waals surface area (Å²) in [6, 6.07) is 7.30. The van der Waals surface area contributed by atoms with Crippen LogP contribution >= 0.6 is 11.6 Å². The lowest BCUT2D eigenvalue weighted by Gasteiger charge is -2.12. The van der Waals surface area contributed by atoms with Crippen LogP contribution in [-0.2, 0) is 13.5 Å². The molecule has 2 N–H and O–H groups in total. The average Bonchev–Trinajstić information content (AvgIpc) is 2.81. The molecule has 1 heterocycles. The van der Waals surface area contributed by atoms with E-state index in [1.807, 2.05) is 31.6 Å². The summed E-state index contributed by atoms with van der Waals surface area (Å²) in [5.41, 5.74) is 7.23. The fourth-order valence-electron chi connectivity index (χ4n) is 1.77. The van der Waals surface area contributed by atoms with Crippen molar-refractivity contribution < 1.29 is 4.74 Å². The van der Waals surface area contributed by atoms with E-state index >= 15 is 0 Å². The number of hydrogen-bond acceptors (Lipinski definition) is 3. The molecule has 1 aromatic heterocycles. The summed E-state index contributed by atoms with van der Waals surface area (Å²) >= 11 is 5.81. The Morgan fingerprint density at radius 1 is 1.37 bits per heavy atom. The topological polar surface area (TPSA) is 53.1 Å². The molecule has 0 aliphatic rings. The van der Waals surface area contributed by atoms with Crippen molar-refractivity contribution in [3.05, 3.63) is 47.2 Å². The molecule has 1 unspecified atom stereocenters. The van der Waals surface area contributed by atoms with Crippen molar-refractivity contribution in [1.82, 2.24) is 9.78 Å². The largest absolute Gasteiger partial charge is 0.492 e. The highest BCUT2D eigenvalue weighted by Crippen LogP contribution is 2.15. The summed E-state index contributed by atoms with van der Waals surface area (Å²) in [7, 11) is 1.91. The number of ether oxygens (including phenoxy) is 1. The lowest BCUT2D eigenvalue weighted by molar-refractivity contribution is 0.282. The number of aryl methyl sites for hydroxylation is 2. The third kappa shape index (κ3) is 4.58. The molecule has 2 aromatic rings. The molecular formula is C14H18ClN3O. The van der Waals surface area contributed by atoms with Crippen LogP contribution in [0.5, 0.6) is 5.75 Å². The molecule has 0 saturated carbocycles. The van der Waals surface area contributed by atoms with E-state index in [1.165, 1.54) is 5.56 Å². The van der Waals surface area contributed by atoms with Gasteiger partial charge in [0.1, 0.15) is 12.4 Å². The first-order valence-corrected chi connectivity index (χ1v) is 6.63. The number of aromatic nitrogens is 2. The summed E-state index contributed by atoms with van der Waals surface area (Å²) in [6.45, 7) is 0.502. The lowest BCUT2D eigenvalue weighted by Crippen LogP contribution is -2.28. The van der Waals surface area contributed by atoms with Gasteiger partial charge in [-0.25, -0.2) is 0 Å². The molecular weight excluding hydrogens is 262 g/mol. The molecule has 2 rings (SSSR count). The minimum Gasteiger partial charge on any atom is -0.492 e. The molecule has 5 heteroatoms. The van der Waals surface area contributed by atoms with E-state index in [-0.39, 0.29) is 6.04 Å². The quantitative estimate of drug-likeness (QED) is 0.883. The van der Waals surface area contributed by atoms with E-state index < -0.39 is 0 Å². The molecule has 0 radical (unpaired) electrons. The van der Waals surface area contributed by atoms with Gasteiger partial charge >= 0.3 is 0 Å². The van der Waals surface area contributed by atoms with Gasteiger partial charge in [0.25, 0.3) is 0 Å². The monoisotopic (exact) mass is 279 g/mol. The Morgan fingerprint density at radius 2 is 2.11 bits per heavy atom. The van der Waals surface area contributed by atoms with E-state index in [4.69, 9.17) is 22.1 Å². The van der Waals surface area contributed by atoms with Gasteiger partial charge < -0.3 is 10.5 Å². The first-order chi connectivity index (χ1) is 9.13. The molecule has 0 fully saturated rings. The summed E-state index contributed by atoms with van der Waals surface area (Å²) in [5.74, 6) is 0.793. The Labute approximate surface area is 118 Å². The van der Waals surface area contributed by atoms with Crippen LogP contribution in [0.15, 0.2) is 36.7 Å². The number of rotatable bonds is 6. The normalized spacial score (nSPS) is 12.4. The summed E-state index contributed by atoms with van der Waals surface area (Å²) in [4.78, 5) is 0. The Kier molecular flexibility index (Phi) is 4.82. The van der Waals surface area contributed by atoms with Gasteiger partial charge in [-0.2, -0.15) is 5.10 Å². The Morgan fingerprint density at radius 3 is 2.74 bits per heavy atom. The van der Waals surface area contributed by atoms with Crippen LogP contribution in [0.3, 0.4) is 0 Å². The third-order valence-corrected chi connectivity index (χ3v) is 3.09. The highest BCUT2D eigenvalue weighted by molar-refractivity contribution is 6.30. The second-order valence-electron chi connectivity index (χ2n) is 4.59. The number of nitrogens with zero attached hydrogens (tertiary/aromatic N) is 2. The molecule has 1 aromatic carbocycles. The molecule has 0 aliphatic heterocycles. The number of nitrogens with two attached hydrogens (primary N) is 1. The predicted molar refractivity (Wildman–Crippen MR) is 76.5 cm³/mol. The van der Waals surface area contributed by atoms with Gasteiger partial charge in [0.05, 0.1) is 6.20 Å². The van der Waals surface area contributed by atoms with Gasteiger partial charge in [-0.3, -0.25) is 4.68 Å². The van der Waals surface area contributed by atoms with E-state index in [9.17, 15) is 0 Å². The molecule has 1 atom stereocenters. The molecule has 4 nitrogen and oxygen atoms in total. The molecule has 0 amide bonds. The van der Waals surface area contributed by atoms with Crippen LogP contribution in [-0.4, -0.2) is 22.4 Å². The minimum atomic E-state index is 0.0101. The Hall–Kier alpha value is -1.52. The van der Waals surface area contributed by atoms with Crippen molar-refractivity contribution in [3.8, 4) is 5.75 Å². The van der Waals surface area contributed by atoms with Crippen molar-refractivity contribution in [2.45, 2.75) is 18.9 Å². The van der Waals surface area contributed by atoms with Crippen LogP contribution in [0.4, 0.5) is 0 Å². The van der Waals surface area contributed by atoms with E-state index in [2.05, 4.69) is 5.10 Å². The zero-order chi connectivity index (χ0) is 13.7. The summed E-state index contributed by atoms with van der Waals surface area (Å²) in [6.07, 6.45) is 5.66. The highest BCUT2D eigenvalue weighted by Gasteiger charge is 2.05. The van der Waals surface area contributed by atoms with Gasteiger partial charge in [-0.15, -0.1) is 0 Å². The Balaban J connectivity index is 1.72. The van der Waals surface area contributed by atoms with Crippen LogP contribution in [0.1, 0.15) is 12.0 Å². The molecule has 0 bridgehead atoms. The van der Waals surface area contributed by atoms with Crippen LogP contribution in [0, 0.1) is 0 Å². The maximum absolute atomic E-state index is 6.03. The Bertz CT molecular complexity index is 510. The predicted octanol–water partition coefficient (Wildman–Crippen LogP) is 2.41. The summed E-state index contributed by atoms with van der Waals surface area (Å²) in [5, 5.41) is 4.83. The van der Waals surface area contributed by atoms with Gasteiger partial charge in [-0.1, -0.05) is 11.6 Å². The second kappa shape index (κ2) is 6.59. The minimum absolute atomic E-state index is 0.0101. The van der Waals surface area contributed by atoms with E-state index in [0.29, 0.717) is 11.6 Å². The van der Waals surface area contributed by atoms with Gasteiger partial charge in [-0.05, 0) is 42.7 Å². The maximum Gasteiger partial charge on any atom is 0.119 e. The number of hydrogen-bond donors (Lipinski definition) is 1. The highest BCUT2D eigenvalue weighted by atomic mass is 35.5. The molecule has 0 spiro atoms. The lowest BCUT2D eigenvalue weighted by atomic mass is 10.1. The third-order valence-electron chi connectivity index (χ3n) is 2.84. The van der Waals surface area contributed by atoms with Crippen molar-refractivity contribution in [3.63, 3.8) is 0 Å². The summed E-state index contributed by atoms with van der Waals surface area (Å²) < 4.78 is 7.41. The van der Waals surface area contributed by atoms with E-state index in [0.717, 1.165) is 18.6 Å². The molecule has 102 valence electrons. The van der Waals surface area contributed by atoms with Gasteiger partial charge in [0, 0.05) is 24.3 Å². The standard InChI is InChI=1S/C14H18ClN3O/c1-18-9-11(8-17-18)2-5-13(16)10-19-14-6-3-12(15)4-7-14/h3-4,6-9,13H,2,5,10,16H2,1H3. The van der Waals surface area contributed by atoms with Crippen LogP contribution in [0.25, 0.3) is 0 Å². The molecule has 0 saturated heterocycles. The van der Waals surface area contributed by atoms with Crippen molar-refractivity contribution in [2.75, 3.05) is 6.61 Å². The smallest absolute Gasteiger partial charge is 0.119 e. The first-order valence-electron chi connectivity index (χ1n) is 6.25. The van der Waals surface area contributed by atoms with Crippen molar-refractivity contribution in [2.24, 2.45) is 12.8 Å². The average molecular weight is 280 g/mol. The van der Waals surface area contributed by atoms with Crippen LogP contribution < -0.4 is 10.5 Å². The second-order valence-corrected chi connectivity index (χ2v) is 5.02. The zero-order valence-corrected chi connectivity index (χ0v) is 11.7. The first kappa shape index (κ1) is 13.9. The zero-order valence-electron chi connectivity index (χ0n) is 10.9. The number of benzene rings is 1. The van der Waals surface area contributed by atoms with Crippen molar-refractivity contribution in [1.29, 1.82) is 0 Å². The fraction of sp³-hybridized carbons (Fsp3) is 0.357. The van der Waals surface area contributed by atoms with Crippen LogP contribution in [0.2, 0.25) is 5.02 Å². The van der Waals surface area contributed by atoms with E-state index in [1.54, 1.807) is 16.8 Å². The SMILES string of the molecule is Cn1cc(CCC(N)COc2ccc(Cl)cc2)cn1. The molecule has 0 aliphatic carbocycles. The van der Waals surface area contributed by atoms with Gasteiger partial charge in [0.15, 0.2) is 0 Å². The molecule has 19 heavy (non-hydrogen) atoms. The number of halogens is 1. The van der Waals surface area contributed by atoms with Gasteiger partial charge in [0.2, 0.25) is 0 Å². The fourth-order valence-corrected chi connectivity index (χ4v) is 1.90. The van der Waals surface area contributed by atoms with Crippen molar-refractivity contribution >= 4 is 11.6 Å².